The first kappa shape index (κ1) is 18.4. The minimum absolute atomic E-state index is 0.245. The summed E-state index contributed by atoms with van der Waals surface area (Å²) in [5.74, 6) is 0.580. The molecule has 2 heterocycles. The Bertz CT molecular complexity index is 1200. The van der Waals surface area contributed by atoms with Gasteiger partial charge in [0, 0.05) is 10.8 Å². The van der Waals surface area contributed by atoms with Crippen molar-refractivity contribution in [1.29, 1.82) is 0 Å². The molecule has 0 aliphatic carbocycles. The van der Waals surface area contributed by atoms with Crippen LogP contribution in [-0.4, -0.2) is 19.7 Å². The zero-order chi connectivity index (χ0) is 19.0. The summed E-state index contributed by atoms with van der Waals surface area (Å²) in [7, 11) is 0. The van der Waals surface area contributed by atoms with Crippen LogP contribution in [0.2, 0.25) is 15.1 Å². The first-order chi connectivity index (χ1) is 13.0. The Morgan fingerprint density at radius 2 is 1.93 bits per heavy atom. The van der Waals surface area contributed by atoms with Crippen molar-refractivity contribution in [2.75, 3.05) is 0 Å². The number of rotatable bonds is 4. The summed E-state index contributed by atoms with van der Waals surface area (Å²) in [6.45, 7) is 0. The van der Waals surface area contributed by atoms with E-state index in [0.717, 1.165) is 11.3 Å². The summed E-state index contributed by atoms with van der Waals surface area (Å²) >= 11 is 19.4. The lowest BCUT2D eigenvalue weighted by Crippen LogP contribution is -2.09. The number of H-pyrrole nitrogens is 1. The minimum Gasteiger partial charge on any atom is -0.301 e. The first-order valence-corrected chi connectivity index (χ1v) is 9.94. The number of aromatic amines is 1. The van der Waals surface area contributed by atoms with Crippen molar-refractivity contribution >= 4 is 57.6 Å². The third-order valence-electron chi connectivity index (χ3n) is 3.83. The molecule has 0 atom stereocenters. The van der Waals surface area contributed by atoms with Crippen molar-refractivity contribution in [3.05, 3.63) is 79.6 Å². The number of nitrogens with zero attached hydrogens (tertiary/aromatic N) is 3. The number of halogens is 3. The quantitative estimate of drug-likeness (QED) is 0.345. The lowest BCUT2D eigenvalue weighted by molar-refractivity contribution is 0.873. The number of fused-ring (bicyclic) bond motifs is 1. The number of hydrogen-bond acceptors (Lipinski definition) is 4. The van der Waals surface area contributed by atoms with Crippen molar-refractivity contribution in [1.82, 2.24) is 19.7 Å². The molecule has 4 aromatic rings. The fraction of sp³-hybridized carbons (Fsp3) is 0.0556. The molecular formula is C18H11Cl3N4OS. The normalized spacial score (nSPS) is 11.2. The molecule has 0 radical (unpaired) electrons. The molecule has 0 bridgehead atoms. The summed E-state index contributed by atoms with van der Waals surface area (Å²) < 4.78 is 1.60. The zero-order valence-corrected chi connectivity index (χ0v) is 16.7. The molecule has 2 aromatic heterocycles. The molecule has 0 fully saturated rings. The van der Waals surface area contributed by atoms with Gasteiger partial charge in [0.15, 0.2) is 10.8 Å². The van der Waals surface area contributed by atoms with Gasteiger partial charge in [0.2, 0.25) is 0 Å². The molecule has 0 saturated heterocycles. The molecule has 0 saturated carbocycles. The van der Waals surface area contributed by atoms with Gasteiger partial charge >= 0.3 is 0 Å². The summed E-state index contributed by atoms with van der Waals surface area (Å²) in [6, 6.07) is 12.6. The third-order valence-corrected chi connectivity index (χ3v) is 5.75. The number of thioether (sulfide) groups is 1. The van der Waals surface area contributed by atoms with E-state index >= 15 is 0 Å². The van der Waals surface area contributed by atoms with Gasteiger partial charge in [0.05, 0.1) is 21.9 Å². The third kappa shape index (κ3) is 3.84. The summed E-state index contributed by atoms with van der Waals surface area (Å²) in [4.78, 5) is 19.7. The van der Waals surface area contributed by atoms with Crippen LogP contribution in [0.1, 0.15) is 5.56 Å². The van der Waals surface area contributed by atoms with Crippen LogP contribution in [0.15, 0.2) is 58.6 Å². The first-order valence-electron chi connectivity index (χ1n) is 7.82. The van der Waals surface area contributed by atoms with Gasteiger partial charge in [-0.3, -0.25) is 4.79 Å². The van der Waals surface area contributed by atoms with E-state index in [9.17, 15) is 4.79 Å². The average Bonchev–Trinajstić information content (AvgIpc) is 3.07. The predicted octanol–water partition coefficient (Wildman–Crippen LogP) is 5.36. The molecule has 0 spiro atoms. The average molecular weight is 438 g/mol. The molecular weight excluding hydrogens is 427 g/mol. The van der Waals surface area contributed by atoms with E-state index in [-0.39, 0.29) is 5.56 Å². The molecule has 136 valence electrons. The molecule has 1 N–H and O–H groups in total. The van der Waals surface area contributed by atoms with Crippen LogP contribution in [0.5, 0.6) is 0 Å². The van der Waals surface area contributed by atoms with Crippen molar-refractivity contribution < 1.29 is 0 Å². The van der Waals surface area contributed by atoms with Crippen LogP contribution in [0.4, 0.5) is 0 Å². The van der Waals surface area contributed by atoms with Gasteiger partial charge in [0.25, 0.3) is 5.56 Å². The molecule has 0 unspecified atom stereocenters. The maximum Gasteiger partial charge on any atom is 0.262 e. The smallest absolute Gasteiger partial charge is 0.262 e. The molecule has 27 heavy (non-hydrogen) atoms. The number of benzene rings is 2. The van der Waals surface area contributed by atoms with Gasteiger partial charge in [-0.25, -0.2) is 9.67 Å². The van der Waals surface area contributed by atoms with E-state index in [1.807, 2.05) is 18.2 Å². The Kier molecular flexibility index (Phi) is 5.14. The molecule has 4 rings (SSSR count). The van der Waals surface area contributed by atoms with E-state index in [4.69, 9.17) is 34.8 Å². The zero-order valence-electron chi connectivity index (χ0n) is 13.6. The Morgan fingerprint density at radius 3 is 2.70 bits per heavy atom. The van der Waals surface area contributed by atoms with E-state index < -0.39 is 0 Å². The number of aromatic nitrogens is 4. The highest BCUT2D eigenvalue weighted by atomic mass is 35.5. The van der Waals surface area contributed by atoms with Crippen LogP contribution in [0, 0.1) is 0 Å². The fourth-order valence-corrected chi connectivity index (χ4v) is 3.85. The second-order valence-electron chi connectivity index (χ2n) is 5.68. The fourth-order valence-electron chi connectivity index (χ4n) is 2.54. The molecule has 5 nitrogen and oxygen atoms in total. The topological polar surface area (TPSA) is 63.6 Å². The second kappa shape index (κ2) is 7.56. The monoisotopic (exact) mass is 436 g/mol. The standard InChI is InChI=1S/C18H11Cl3N4OS/c19-11-2-1-3-12(7-11)25-16-13(8-22-25)17(26)24-18(23-16)27-9-10-4-5-14(20)15(21)6-10/h1-8H,9H2,(H,23,24,26). The molecule has 0 amide bonds. The van der Waals surface area contributed by atoms with Crippen LogP contribution in [0.3, 0.4) is 0 Å². The number of nitrogens with one attached hydrogen (secondary N) is 1. The highest BCUT2D eigenvalue weighted by Crippen LogP contribution is 2.27. The van der Waals surface area contributed by atoms with E-state index in [1.165, 1.54) is 18.0 Å². The van der Waals surface area contributed by atoms with Gasteiger partial charge < -0.3 is 4.98 Å². The summed E-state index contributed by atoms with van der Waals surface area (Å²) in [5.41, 5.74) is 1.93. The predicted molar refractivity (Wildman–Crippen MR) is 111 cm³/mol. The lowest BCUT2D eigenvalue weighted by atomic mass is 10.2. The summed E-state index contributed by atoms with van der Waals surface area (Å²) in [6.07, 6.45) is 1.50. The Balaban J connectivity index is 1.69. The Labute approximate surface area is 173 Å². The maximum absolute atomic E-state index is 12.4. The van der Waals surface area contributed by atoms with E-state index in [2.05, 4.69) is 15.1 Å². The molecule has 0 aliphatic rings. The van der Waals surface area contributed by atoms with Crippen molar-refractivity contribution in [3.8, 4) is 5.69 Å². The summed E-state index contributed by atoms with van der Waals surface area (Å²) in [5, 5.41) is 6.76. The Morgan fingerprint density at radius 1 is 1.07 bits per heavy atom. The van der Waals surface area contributed by atoms with Gasteiger partial charge in [-0.1, -0.05) is 58.7 Å². The Hall–Kier alpha value is -1.99. The lowest BCUT2D eigenvalue weighted by Gasteiger charge is -2.06. The SMILES string of the molecule is O=c1[nH]c(SCc2ccc(Cl)c(Cl)c2)nc2c1cnn2-c1cccc(Cl)c1. The molecule has 0 aliphatic heterocycles. The highest BCUT2D eigenvalue weighted by molar-refractivity contribution is 7.98. The van der Waals surface area contributed by atoms with Gasteiger partial charge in [0.1, 0.15) is 5.39 Å². The van der Waals surface area contributed by atoms with Crippen LogP contribution < -0.4 is 5.56 Å². The van der Waals surface area contributed by atoms with Gasteiger partial charge in [-0.2, -0.15) is 5.10 Å². The molecule has 2 aromatic carbocycles. The molecule has 9 heteroatoms. The van der Waals surface area contributed by atoms with Crippen LogP contribution in [0.25, 0.3) is 16.7 Å². The van der Waals surface area contributed by atoms with Crippen molar-refractivity contribution in [2.45, 2.75) is 10.9 Å². The van der Waals surface area contributed by atoms with E-state index in [1.54, 1.807) is 28.9 Å². The minimum atomic E-state index is -0.245. The van der Waals surface area contributed by atoms with Crippen molar-refractivity contribution in [3.63, 3.8) is 0 Å². The van der Waals surface area contributed by atoms with Gasteiger partial charge in [-0.15, -0.1) is 0 Å². The van der Waals surface area contributed by atoms with Crippen LogP contribution >= 0.6 is 46.6 Å². The van der Waals surface area contributed by atoms with Gasteiger partial charge in [-0.05, 0) is 35.9 Å². The maximum atomic E-state index is 12.4. The number of hydrogen-bond donors (Lipinski definition) is 1. The second-order valence-corrected chi connectivity index (χ2v) is 7.90. The van der Waals surface area contributed by atoms with Crippen LogP contribution in [-0.2, 0) is 5.75 Å². The van der Waals surface area contributed by atoms with Crippen molar-refractivity contribution in [2.24, 2.45) is 0 Å². The van der Waals surface area contributed by atoms with E-state index in [0.29, 0.717) is 37.0 Å². The highest BCUT2D eigenvalue weighted by Gasteiger charge is 2.12. The largest absolute Gasteiger partial charge is 0.301 e.